The molecule has 2 heterocycles. The molecule has 0 spiro atoms. The Balaban J connectivity index is 1.89. The van der Waals surface area contributed by atoms with E-state index in [9.17, 15) is 9.59 Å². The first kappa shape index (κ1) is 22.9. The number of ether oxygens (including phenoxy) is 2. The minimum atomic E-state index is -0.646. The molecule has 11 heteroatoms. The molecule has 0 radical (unpaired) electrons. The first-order valence-electron chi connectivity index (χ1n) is 9.29. The lowest BCUT2D eigenvalue weighted by atomic mass is 9.84. The van der Waals surface area contributed by atoms with Crippen molar-refractivity contribution in [1.29, 1.82) is 0 Å². The molecular formula is C19H22Cl2N4O4S. The van der Waals surface area contributed by atoms with Gasteiger partial charge in [0.05, 0.1) is 28.4 Å². The molecule has 0 aliphatic carbocycles. The van der Waals surface area contributed by atoms with Crippen molar-refractivity contribution in [3.8, 4) is 0 Å². The number of rotatable bonds is 6. The first-order valence-corrected chi connectivity index (χ1v) is 10.9. The molecule has 162 valence electrons. The molecule has 1 aliphatic heterocycles. The summed E-state index contributed by atoms with van der Waals surface area (Å²) in [4.78, 5) is 23.7. The fraction of sp³-hybridized carbons (Fsp3) is 0.474. The van der Waals surface area contributed by atoms with Gasteiger partial charge in [-0.1, -0.05) is 54.0 Å². The van der Waals surface area contributed by atoms with Crippen LogP contribution in [0.5, 0.6) is 0 Å². The van der Waals surface area contributed by atoms with E-state index in [1.54, 1.807) is 16.8 Å². The summed E-state index contributed by atoms with van der Waals surface area (Å²) in [5.41, 5.74) is 5.11. The highest BCUT2D eigenvalue weighted by Gasteiger charge is 2.44. The number of nitrogens with zero attached hydrogens (tertiary/aromatic N) is 3. The second kappa shape index (κ2) is 9.55. The Bertz CT molecular complexity index is 941. The molecule has 0 saturated carbocycles. The molecule has 30 heavy (non-hydrogen) atoms. The van der Waals surface area contributed by atoms with Crippen LogP contribution < -0.4 is 5.73 Å². The van der Waals surface area contributed by atoms with E-state index in [1.807, 2.05) is 19.9 Å². The van der Waals surface area contributed by atoms with Crippen molar-refractivity contribution in [2.75, 3.05) is 6.61 Å². The molecule has 1 amide bonds. The van der Waals surface area contributed by atoms with Crippen LogP contribution in [0.25, 0.3) is 0 Å². The monoisotopic (exact) mass is 472 g/mol. The number of aromatic nitrogens is 3. The number of benzene rings is 1. The predicted molar refractivity (Wildman–Crippen MR) is 114 cm³/mol. The second-order valence-corrected chi connectivity index (χ2v) is 9.18. The van der Waals surface area contributed by atoms with Crippen molar-refractivity contribution in [2.24, 2.45) is 17.6 Å². The predicted octanol–water partition coefficient (Wildman–Crippen LogP) is 3.58. The van der Waals surface area contributed by atoms with E-state index in [-0.39, 0.29) is 47.7 Å². The lowest BCUT2D eigenvalue weighted by Gasteiger charge is -2.44. The maximum atomic E-state index is 11.5. The van der Waals surface area contributed by atoms with Crippen molar-refractivity contribution >= 4 is 46.8 Å². The first-order chi connectivity index (χ1) is 14.2. The third kappa shape index (κ3) is 5.08. The van der Waals surface area contributed by atoms with Crippen LogP contribution in [-0.4, -0.2) is 45.0 Å². The van der Waals surface area contributed by atoms with Gasteiger partial charge in [-0.25, -0.2) is 4.68 Å². The highest BCUT2D eigenvalue weighted by Crippen LogP contribution is 2.45. The van der Waals surface area contributed by atoms with Gasteiger partial charge in [-0.15, -0.1) is 5.10 Å². The summed E-state index contributed by atoms with van der Waals surface area (Å²) in [5.74, 6) is -1.14. The van der Waals surface area contributed by atoms with Crippen LogP contribution in [0, 0.1) is 11.8 Å². The van der Waals surface area contributed by atoms with Crippen LogP contribution in [0.3, 0.4) is 0 Å². The summed E-state index contributed by atoms with van der Waals surface area (Å²) in [5, 5.41) is 8.90. The number of hydrogen-bond acceptors (Lipinski definition) is 7. The van der Waals surface area contributed by atoms with E-state index in [2.05, 4.69) is 10.3 Å². The Hall–Kier alpha value is -1.81. The minimum absolute atomic E-state index is 0.0320. The molecule has 1 aromatic carbocycles. The largest absolute Gasteiger partial charge is 0.463 e. The van der Waals surface area contributed by atoms with Crippen LogP contribution in [0.1, 0.15) is 37.3 Å². The molecule has 3 rings (SSSR count). The maximum Gasteiger partial charge on any atom is 0.302 e. The summed E-state index contributed by atoms with van der Waals surface area (Å²) in [6.07, 6.45) is 1.16. The normalized spacial score (nSPS) is 26.4. The Labute approximate surface area is 188 Å². The molecule has 2 unspecified atom stereocenters. The Morgan fingerprint density at radius 1 is 1.27 bits per heavy atom. The standard InChI is InChI=1S/C19H22Cl2N4O4S/c1-9-16(8-28-11(3)26)29-19(30-12-4-5-13(20)14(21)6-12)10(2)17(9)25-7-15(18(22)27)23-24-25/h4-7,9-10,16-17,19H,8H2,1-3H3,(H2,22,27)/t9-,10?,16?,17-,19+/m0/s1. The number of nitrogens with two attached hydrogens (primary N) is 1. The molecule has 1 aromatic heterocycles. The van der Waals surface area contributed by atoms with E-state index in [1.165, 1.54) is 24.9 Å². The number of hydrogen-bond donors (Lipinski definition) is 1. The molecule has 8 nitrogen and oxygen atoms in total. The number of thioether (sulfide) groups is 1. The van der Waals surface area contributed by atoms with E-state index in [4.69, 9.17) is 38.4 Å². The highest BCUT2D eigenvalue weighted by atomic mass is 35.5. The van der Waals surface area contributed by atoms with Crippen LogP contribution in [0.15, 0.2) is 29.3 Å². The summed E-state index contributed by atoms with van der Waals surface area (Å²) in [6.45, 7) is 5.48. The molecule has 5 atom stereocenters. The van der Waals surface area contributed by atoms with E-state index < -0.39 is 5.91 Å². The van der Waals surface area contributed by atoms with Gasteiger partial charge in [0.25, 0.3) is 5.91 Å². The van der Waals surface area contributed by atoms with Gasteiger partial charge in [-0.2, -0.15) is 0 Å². The van der Waals surface area contributed by atoms with Crippen molar-refractivity contribution in [3.05, 3.63) is 40.1 Å². The van der Waals surface area contributed by atoms with Crippen molar-refractivity contribution in [1.82, 2.24) is 15.0 Å². The van der Waals surface area contributed by atoms with Gasteiger partial charge in [0.2, 0.25) is 0 Å². The van der Waals surface area contributed by atoms with Crippen molar-refractivity contribution in [2.45, 2.75) is 43.2 Å². The average molecular weight is 473 g/mol. The maximum absolute atomic E-state index is 11.5. The summed E-state index contributed by atoms with van der Waals surface area (Å²) >= 11 is 13.7. The van der Waals surface area contributed by atoms with Crippen molar-refractivity contribution < 1.29 is 19.1 Å². The Morgan fingerprint density at radius 2 is 2.00 bits per heavy atom. The van der Waals surface area contributed by atoms with Gasteiger partial charge in [0, 0.05) is 23.7 Å². The Kier molecular flexibility index (Phi) is 7.28. The van der Waals surface area contributed by atoms with E-state index in [0.29, 0.717) is 10.0 Å². The minimum Gasteiger partial charge on any atom is -0.463 e. The molecule has 1 fully saturated rings. The number of amides is 1. The fourth-order valence-electron chi connectivity index (χ4n) is 3.51. The number of carbonyl (C=O) groups excluding carboxylic acids is 2. The van der Waals surface area contributed by atoms with Crippen LogP contribution >= 0.6 is 35.0 Å². The highest BCUT2D eigenvalue weighted by molar-refractivity contribution is 7.99. The van der Waals surface area contributed by atoms with Crippen LogP contribution in [-0.2, 0) is 14.3 Å². The molecular weight excluding hydrogens is 451 g/mol. The van der Waals surface area contributed by atoms with Crippen LogP contribution in [0.2, 0.25) is 10.0 Å². The smallest absolute Gasteiger partial charge is 0.302 e. The number of primary amides is 1. The number of carbonyl (C=O) groups is 2. The number of halogens is 2. The SMILES string of the molecule is CC(=O)OCC1O[C@H](Sc2ccc(Cl)c(Cl)c2)C(C)[C@@H](n2cc(C(N)=O)nn2)[C@H]1C. The van der Waals surface area contributed by atoms with Gasteiger partial charge < -0.3 is 15.2 Å². The molecule has 2 N–H and O–H groups in total. The lowest BCUT2D eigenvalue weighted by Crippen LogP contribution is -2.47. The average Bonchev–Trinajstić information content (AvgIpc) is 3.16. The van der Waals surface area contributed by atoms with Gasteiger partial charge in [0.1, 0.15) is 12.0 Å². The summed E-state index contributed by atoms with van der Waals surface area (Å²) in [7, 11) is 0. The third-order valence-corrected chi connectivity index (χ3v) is 7.10. The third-order valence-electron chi connectivity index (χ3n) is 5.06. The van der Waals surface area contributed by atoms with Gasteiger partial charge in [0.15, 0.2) is 5.69 Å². The van der Waals surface area contributed by atoms with Gasteiger partial charge in [-0.3, -0.25) is 9.59 Å². The van der Waals surface area contributed by atoms with Gasteiger partial charge >= 0.3 is 5.97 Å². The summed E-state index contributed by atoms with van der Waals surface area (Å²) < 4.78 is 13.2. The zero-order chi connectivity index (χ0) is 22.0. The molecule has 1 saturated heterocycles. The lowest BCUT2D eigenvalue weighted by molar-refractivity contribution is -0.156. The quantitative estimate of drug-likeness (QED) is 0.639. The fourth-order valence-corrected chi connectivity index (χ4v) is 5.04. The molecule has 1 aliphatic rings. The topological polar surface area (TPSA) is 109 Å². The number of esters is 1. The van der Waals surface area contributed by atoms with Crippen LogP contribution in [0.4, 0.5) is 0 Å². The molecule has 2 aromatic rings. The zero-order valence-electron chi connectivity index (χ0n) is 16.6. The van der Waals surface area contributed by atoms with E-state index in [0.717, 1.165) is 4.90 Å². The van der Waals surface area contributed by atoms with Gasteiger partial charge in [-0.05, 0) is 18.2 Å². The zero-order valence-corrected chi connectivity index (χ0v) is 18.9. The Morgan fingerprint density at radius 3 is 2.60 bits per heavy atom. The van der Waals surface area contributed by atoms with Crippen molar-refractivity contribution in [3.63, 3.8) is 0 Å². The summed E-state index contributed by atoms with van der Waals surface area (Å²) in [6, 6.07) is 5.20. The second-order valence-electron chi connectivity index (χ2n) is 7.20. The van der Waals surface area contributed by atoms with E-state index >= 15 is 0 Å². The molecule has 0 bridgehead atoms.